The lowest BCUT2D eigenvalue weighted by Gasteiger charge is -2.29. The van der Waals surface area contributed by atoms with E-state index in [4.69, 9.17) is 4.74 Å². The van der Waals surface area contributed by atoms with Gasteiger partial charge in [0.05, 0.1) is 0 Å². The maximum absolute atomic E-state index is 11.9. The summed E-state index contributed by atoms with van der Waals surface area (Å²) in [7, 11) is 0. The molecule has 1 heterocycles. The number of hydrogen-bond donors (Lipinski definition) is 3. The van der Waals surface area contributed by atoms with E-state index in [1.807, 2.05) is 20.8 Å². The first-order valence-corrected chi connectivity index (χ1v) is 7.71. The molecule has 2 unspecified atom stereocenters. The number of ether oxygens (including phenoxy) is 1. The minimum Gasteiger partial charge on any atom is -0.444 e. The van der Waals surface area contributed by atoms with Gasteiger partial charge in [0.25, 0.3) is 0 Å². The Morgan fingerprint density at radius 3 is 2.60 bits per heavy atom. The average molecular weight is 285 g/mol. The van der Waals surface area contributed by atoms with Gasteiger partial charge in [-0.2, -0.15) is 0 Å². The molecule has 0 bridgehead atoms. The van der Waals surface area contributed by atoms with E-state index in [1.54, 1.807) is 0 Å². The van der Waals surface area contributed by atoms with Gasteiger partial charge in [-0.3, -0.25) is 0 Å². The summed E-state index contributed by atoms with van der Waals surface area (Å²) in [5, 5.41) is 9.89. The van der Waals surface area contributed by atoms with Gasteiger partial charge in [-0.15, -0.1) is 0 Å². The molecule has 1 saturated heterocycles. The van der Waals surface area contributed by atoms with Gasteiger partial charge in [0.2, 0.25) is 0 Å². The molecule has 1 amide bonds. The van der Waals surface area contributed by atoms with Crippen LogP contribution in [0.4, 0.5) is 4.79 Å². The van der Waals surface area contributed by atoms with E-state index < -0.39 is 5.60 Å². The molecule has 0 aromatic carbocycles. The van der Waals surface area contributed by atoms with Crippen LogP contribution in [0.15, 0.2) is 0 Å². The van der Waals surface area contributed by atoms with E-state index in [-0.39, 0.29) is 12.1 Å². The lowest BCUT2D eigenvalue weighted by Crippen LogP contribution is -2.51. The monoisotopic (exact) mass is 285 g/mol. The first-order chi connectivity index (χ1) is 9.28. The number of rotatable bonds is 5. The van der Waals surface area contributed by atoms with E-state index in [2.05, 4.69) is 29.8 Å². The number of carbonyl (C=O) groups is 1. The van der Waals surface area contributed by atoms with E-state index >= 15 is 0 Å². The summed E-state index contributed by atoms with van der Waals surface area (Å²) in [6.45, 7) is 12.8. The number of carbonyl (C=O) groups excluding carboxylic acids is 1. The molecule has 0 aromatic heterocycles. The minimum atomic E-state index is -0.452. The Balaban J connectivity index is 2.37. The van der Waals surface area contributed by atoms with Gasteiger partial charge < -0.3 is 20.7 Å². The second kappa shape index (κ2) is 7.84. The average Bonchev–Trinajstić information content (AvgIpc) is 2.33. The van der Waals surface area contributed by atoms with Crippen LogP contribution in [0.2, 0.25) is 0 Å². The highest BCUT2D eigenvalue weighted by Crippen LogP contribution is 2.09. The van der Waals surface area contributed by atoms with Crippen LogP contribution >= 0.6 is 0 Å². The van der Waals surface area contributed by atoms with Crippen molar-refractivity contribution in [2.45, 2.75) is 65.1 Å². The molecule has 0 saturated carbocycles. The normalized spacial score (nSPS) is 21.6. The van der Waals surface area contributed by atoms with E-state index in [9.17, 15) is 4.79 Å². The lowest BCUT2D eigenvalue weighted by atomic mass is 10.0. The predicted octanol–water partition coefficient (Wildman–Crippen LogP) is 1.88. The van der Waals surface area contributed by atoms with E-state index in [0.29, 0.717) is 12.0 Å². The van der Waals surface area contributed by atoms with Crippen molar-refractivity contribution in [3.63, 3.8) is 0 Å². The fourth-order valence-corrected chi connectivity index (χ4v) is 2.23. The highest BCUT2D eigenvalue weighted by molar-refractivity contribution is 5.68. The second-order valence-electron chi connectivity index (χ2n) is 6.95. The first kappa shape index (κ1) is 17.2. The predicted molar refractivity (Wildman–Crippen MR) is 81.9 cm³/mol. The molecule has 0 radical (unpaired) electrons. The molecule has 1 aliphatic rings. The third-order valence-corrected chi connectivity index (χ3v) is 3.43. The van der Waals surface area contributed by atoms with Crippen molar-refractivity contribution in [1.82, 2.24) is 16.0 Å². The van der Waals surface area contributed by atoms with Gasteiger partial charge in [-0.1, -0.05) is 13.8 Å². The summed E-state index contributed by atoms with van der Waals surface area (Å²) < 4.78 is 5.32. The van der Waals surface area contributed by atoms with Gasteiger partial charge in [0, 0.05) is 25.2 Å². The summed E-state index contributed by atoms with van der Waals surface area (Å²) in [6, 6.07) is 0.595. The highest BCUT2D eigenvalue weighted by atomic mass is 16.6. The molecule has 5 heteroatoms. The third kappa shape index (κ3) is 7.10. The van der Waals surface area contributed by atoms with E-state index in [1.165, 1.54) is 12.8 Å². The summed E-state index contributed by atoms with van der Waals surface area (Å²) in [4.78, 5) is 11.9. The van der Waals surface area contributed by atoms with Gasteiger partial charge >= 0.3 is 6.09 Å². The van der Waals surface area contributed by atoms with Crippen molar-refractivity contribution < 1.29 is 9.53 Å². The van der Waals surface area contributed by atoms with Crippen LogP contribution in [0.25, 0.3) is 0 Å². The Bertz CT molecular complexity index is 294. The van der Waals surface area contributed by atoms with Crippen LogP contribution in [-0.2, 0) is 4.74 Å². The zero-order valence-corrected chi connectivity index (χ0v) is 13.6. The topological polar surface area (TPSA) is 62.4 Å². The Morgan fingerprint density at radius 2 is 2.10 bits per heavy atom. The van der Waals surface area contributed by atoms with E-state index in [0.717, 1.165) is 19.6 Å². The van der Waals surface area contributed by atoms with Crippen molar-refractivity contribution in [3.8, 4) is 0 Å². The van der Waals surface area contributed by atoms with Crippen molar-refractivity contribution in [2.75, 3.05) is 19.6 Å². The van der Waals surface area contributed by atoms with Gasteiger partial charge in [-0.25, -0.2) is 4.79 Å². The summed E-state index contributed by atoms with van der Waals surface area (Å²) in [6.07, 6.45) is 2.08. The number of hydrogen-bond acceptors (Lipinski definition) is 4. The maximum atomic E-state index is 11.9. The van der Waals surface area contributed by atoms with Gasteiger partial charge in [0.1, 0.15) is 5.60 Å². The van der Waals surface area contributed by atoms with Crippen LogP contribution < -0.4 is 16.0 Å². The zero-order valence-electron chi connectivity index (χ0n) is 13.6. The van der Waals surface area contributed by atoms with Crippen LogP contribution in [0.3, 0.4) is 0 Å². The summed E-state index contributed by atoms with van der Waals surface area (Å²) >= 11 is 0. The van der Waals surface area contributed by atoms with Crippen LogP contribution in [0.1, 0.15) is 47.5 Å². The molecule has 3 N–H and O–H groups in total. The summed E-state index contributed by atoms with van der Waals surface area (Å²) in [5.74, 6) is 0.367. The Morgan fingerprint density at radius 1 is 1.40 bits per heavy atom. The molecule has 20 heavy (non-hydrogen) atoms. The quantitative estimate of drug-likeness (QED) is 0.722. The molecule has 1 aliphatic heterocycles. The number of alkyl carbamates (subject to hydrolysis) is 1. The lowest BCUT2D eigenvalue weighted by molar-refractivity contribution is 0.0489. The molecule has 118 valence electrons. The molecule has 5 nitrogen and oxygen atoms in total. The van der Waals surface area contributed by atoms with Crippen molar-refractivity contribution in [3.05, 3.63) is 0 Å². The Kier molecular flexibility index (Phi) is 6.76. The number of amides is 1. The maximum Gasteiger partial charge on any atom is 0.407 e. The van der Waals surface area contributed by atoms with Crippen LogP contribution in [-0.4, -0.2) is 43.4 Å². The summed E-state index contributed by atoms with van der Waals surface area (Å²) in [5.41, 5.74) is -0.452. The Hall–Kier alpha value is -0.810. The largest absolute Gasteiger partial charge is 0.444 e. The fourth-order valence-electron chi connectivity index (χ4n) is 2.23. The second-order valence-corrected chi connectivity index (χ2v) is 6.95. The highest BCUT2D eigenvalue weighted by Gasteiger charge is 2.22. The molecule has 1 rings (SSSR count). The number of piperidine rings is 1. The molecule has 0 aromatic rings. The minimum absolute atomic E-state index is 0.0896. The van der Waals surface area contributed by atoms with Crippen LogP contribution in [0.5, 0.6) is 0 Å². The third-order valence-electron chi connectivity index (χ3n) is 3.43. The van der Waals surface area contributed by atoms with Crippen molar-refractivity contribution >= 4 is 6.09 Å². The molecule has 1 fully saturated rings. The first-order valence-electron chi connectivity index (χ1n) is 7.71. The van der Waals surface area contributed by atoms with Gasteiger partial charge in [0.15, 0.2) is 0 Å². The molecular weight excluding hydrogens is 254 g/mol. The van der Waals surface area contributed by atoms with Gasteiger partial charge in [-0.05, 0) is 46.1 Å². The molecule has 2 atom stereocenters. The molecule has 0 aliphatic carbocycles. The Labute approximate surface area is 123 Å². The van der Waals surface area contributed by atoms with Crippen molar-refractivity contribution in [1.29, 1.82) is 0 Å². The fraction of sp³-hybridized carbons (Fsp3) is 0.933. The molecular formula is C15H31N3O2. The molecule has 0 spiro atoms. The zero-order chi connectivity index (χ0) is 15.2. The number of nitrogens with one attached hydrogen (secondary N) is 3. The van der Waals surface area contributed by atoms with Crippen molar-refractivity contribution in [2.24, 2.45) is 5.92 Å². The standard InChI is InChI=1S/C15H31N3O2/c1-11(2)13(18-14(19)20-15(3,4)5)10-17-12-7-6-8-16-9-12/h11-13,16-17H,6-10H2,1-5H3,(H,18,19). The SMILES string of the molecule is CC(C)C(CNC1CCCNC1)NC(=O)OC(C)(C)C. The smallest absolute Gasteiger partial charge is 0.407 e. The van der Waals surface area contributed by atoms with Crippen LogP contribution in [0, 0.1) is 5.92 Å².